The van der Waals surface area contributed by atoms with Crippen LogP contribution in [0, 0.1) is 0 Å². The zero-order valence-corrected chi connectivity index (χ0v) is 18.6. The van der Waals surface area contributed by atoms with E-state index in [1.165, 1.54) is 5.56 Å². The smallest absolute Gasteiger partial charge is 0.220 e. The minimum Gasteiger partial charge on any atom is -0.441 e. The molecule has 0 spiro atoms. The molecule has 0 bridgehead atoms. The first-order chi connectivity index (χ1) is 13.5. The van der Waals surface area contributed by atoms with Crippen molar-refractivity contribution in [3.8, 4) is 11.3 Å². The normalized spacial score (nSPS) is 18.7. The van der Waals surface area contributed by atoms with Gasteiger partial charge in [0.05, 0.1) is 6.20 Å². The van der Waals surface area contributed by atoms with Crippen molar-refractivity contribution in [2.45, 2.75) is 90.3 Å². The number of amides is 1. The predicted molar refractivity (Wildman–Crippen MR) is 117 cm³/mol. The number of hydrogen-bond acceptors (Lipinski definition) is 4. The SMILES string of the molecule is CC(C)c1ccc(-c2cnc(CCC(=O)NC3CC(C)(C)NC(C)(C)C3)o2)cc1. The number of benzene rings is 1. The average molecular weight is 398 g/mol. The standard InChI is InChI=1S/C24H35N3O2/c1-16(2)17-7-9-18(10-8-17)20-15-25-22(29-20)12-11-21(28)26-19-13-23(3,4)27-24(5,6)14-19/h7-10,15-16,19,27H,11-14H2,1-6H3,(H,26,28). The van der Waals surface area contributed by atoms with Crippen LogP contribution in [0.15, 0.2) is 34.9 Å². The van der Waals surface area contributed by atoms with E-state index in [0.29, 0.717) is 24.7 Å². The van der Waals surface area contributed by atoms with Crippen molar-refractivity contribution >= 4 is 5.91 Å². The molecule has 1 fully saturated rings. The second-order valence-electron chi connectivity index (χ2n) is 9.96. The molecule has 0 radical (unpaired) electrons. The van der Waals surface area contributed by atoms with Crippen molar-refractivity contribution in [2.24, 2.45) is 0 Å². The number of nitrogens with one attached hydrogen (secondary N) is 2. The van der Waals surface area contributed by atoms with Crippen LogP contribution in [-0.2, 0) is 11.2 Å². The molecular weight excluding hydrogens is 362 g/mol. The molecule has 1 aromatic carbocycles. The van der Waals surface area contributed by atoms with Crippen molar-refractivity contribution in [3.63, 3.8) is 0 Å². The van der Waals surface area contributed by atoms with E-state index in [1.54, 1.807) is 6.20 Å². The van der Waals surface area contributed by atoms with Crippen LogP contribution in [0.2, 0.25) is 0 Å². The number of oxazole rings is 1. The summed E-state index contributed by atoms with van der Waals surface area (Å²) in [7, 11) is 0. The van der Waals surface area contributed by atoms with E-state index in [9.17, 15) is 4.79 Å². The highest BCUT2D eigenvalue weighted by Crippen LogP contribution is 2.28. The molecule has 1 saturated heterocycles. The lowest BCUT2D eigenvalue weighted by Gasteiger charge is -2.46. The minimum atomic E-state index is 0.0162. The van der Waals surface area contributed by atoms with Crippen LogP contribution < -0.4 is 10.6 Å². The number of carbonyl (C=O) groups is 1. The lowest BCUT2D eigenvalue weighted by atomic mass is 9.79. The van der Waals surface area contributed by atoms with E-state index in [0.717, 1.165) is 24.2 Å². The Morgan fingerprint density at radius 1 is 1.17 bits per heavy atom. The molecule has 2 heterocycles. The number of hydrogen-bond donors (Lipinski definition) is 2. The van der Waals surface area contributed by atoms with Crippen LogP contribution in [-0.4, -0.2) is 28.0 Å². The largest absolute Gasteiger partial charge is 0.441 e. The van der Waals surface area contributed by atoms with Crippen LogP contribution in [0.5, 0.6) is 0 Å². The summed E-state index contributed by atoms with van der Waals surface area (Å²) in [6.07, 6.45) is 4.50. The third kappa shape index (κ3) is 5.92. The van der Waals surface area contributed by atoms with Crippen molar-refractivity contribution in [2.75, 3.05) is 0 Å². The summed E-state index contributed by atoms with van der Waals surface area (Å²) in [5, 5.41) is 6.85. The third-order valence-electron chi connectivity index (χ3n) is 5.54. The van der Waals surface area contributed by atoms with Gasteiger partial charge in [0, 0.05) is 35.5 Å². The molecule has 29 heavy (non-hydrogen) atoms. The van der Waals surface area contributed by atoms with Gasteiger partial charge in [-0.05, 0) is 52.0 Å². The molecule has 2 N–H and O–H groups in total. The summed E-state index contributed by atoms with van der Waals surface area (Å²) < 4.78 is 5.88. The molecule has 0 unspecified atom stereocenters. The maximum atomic E-state index is 12.5. The Balaban J connectivity index is 1.53. The average Bonchev–Trinajstić information content (AvgIpc) is 3.06. The quantitative estimate of drug-likeness (QED) is 0.733. The summed E-state index contributed by atoms with van der Waals surface area (Å²) in [4.78, 5) is 16.8. The van der Waals surface area contributed by atoms with Crippen molar-refractivity contribution in [1.82, 2.24) is 15.6 Å². The van der Waals surface area contributed by atoms with Gasteiger partial charge < -0.3 is 15.1 Å². The molecule has 3 rings (SSSR count). The first kappa shape index (κ1) is 21.6. The number of aryl methyl sites for hydroxylation is 1. The van der Waals surface area contributed by atoms with E-state index >= 15 is 0 Å². The molecule has 1 aliphatic rings. The van der Waals surface area contributed by atoms with Crippen LogP contribution in [0.3, 0.4) is 0 Å². The van der Waals surface area contributed by atoms with Gasteiger partial charge in [0.25, 0.3) is 0 Å². The summed E-state index contributed by atoms with van der Waals surface area (Å²) >= 11 is 0. The molecule has 1 aromatic heterocycles. The van der Waals surface area contributed by atoms with Gasteiger partial charge in [0.15, 0.2) is 11.7 Å². The first-order valence-electron chi connectivity index (χ1n) is 10.7. The van der Waals surface area contributed by atoms with Gasteiger partial charge in [-0.2, -0.15) is 0 Å². The predicted octanol–water partition coefficient (Wildman–Crippen LogP) is 4.82. The van der Waals surface area contributed by atoms with Gasteiger partial charge in [-0.1, -0.05) is 38.1 Å². The topological polar surface area (TPSA) is 67.2 Å². The molecule has 5 heteroatoms. The highest BCUT2D eigenvalue weighted by atomic mass is 16.4. The monoisotopic (exact) mass is 397 g/mol. The van der Waals surface area contributed by atoms with E-state index < -0.39 is 0 Å². The minimum absolute atomic E-state index is 0.0162. The molecular formula is C24H35N3O2. The van der Waals surface area contributed by atoms with Crippen molar-refractivity contribution in [3.05, 3.63) is 41.9 Å². The van der Waals surface area contributed by atoms with Gasteiger partial charge in [0.1, 0.15) is 0 Å². The second kappa shape index (κ2) is 8.31. The Labute approximate surface area is 174 Å². The summed E-state index contributed by atoms with van der Waals surface area (Å²) in [5.41, 5.74) is 2.34. The van der Waals surface area contributed by atoms with Crippen LogP contribution >= 0.6 is 0 Å². The molecule has 2 aromatic rings. The van der Waals surface area contributed by atoms with Crippen LogP contribution in [0.25, 0.3) is 11.3 Å². The fourth-order valence-corrected chi connectivity index (χ4v) is 4.54. The molecule has 0 aliphatic carbocycles. The third-order valence-corrected chi connectivity index (χ3v) is 5.54. The zero-order chi connectivity index (χ0) is 21.2. The Morgan fingerprint density at radius 3 is 2.38 bits per heavy atom. The number of nitrogens with zero attached hydrogens (tertiary/aromatic N) is 1. The molecule has 0 saturated carbocycles. The van der Waals surface area contributed by atoms with Crippen molar-refractivity contribution < 1.29 is 9.21 Å². The molecule has 158 valence electrons. The van der Waals surface area contributed by atoms with Gasteiger partial charge >= 0.3 is 0 Å². The van der Waals surface area contributed by atoms with Crippen LogP contribution in [0.4, 0.5) is 0 Å². The Hall–Kier alpha value is -2.14. The highest BCUT2D eigenvalue weighted by Gasteiger charge is 2.38. The summed E-state index contributed by atoms with van der Waals surface area (Å²) in [6.45, 7) is 13.1. The molecule has 0 atom stereocenters. The summed E-state index contributed by atoms with van der Waals surface area (Å²) in [6, 6.07) is 8.56. The van der Waals surface area contributed by atoms with Gasteiger partial charge in [0.2, 0.25) is 5.91 Å². The molecule has 1 amide bonds. The van der Waals surface area contributed by atoms with Gasteiger partial charge in [-0.3, -0.25) is 4.79 Å². The van der Waals surface area contributed by atoms with Gasteiger partial charge in [-0.15, -0.1) is 0 Å². The number of carbonyl (C=O) groups excluding carboxylic acids is 1. The van der Waals surface area contributed by atoms with Crippen LogP contribution in [0.1, 0.15) is 78.2 Å². The number of aromatic nitrogens is 1. The molecule has 5 nitrogen and oxygen atoms in total. The fraction of sp³-hybridized carbons (Fsp3) is 0.583. The van der Waals surface area contributed by atoms with E-state index in [2.05, 4.69) is 81.4 Å². The van der Waals surface area contributed by atoms with E-state index in [1.807, 2.05) is 0 Å². The first-order valence-corrected chi connectivity index (χ1v) is 10.7. The van der Waals surface area contributed by atoms with E-state index in [-0.39, 0.29) is 23.0 Å². The molecule has 1 aliphatic heterocycles. The van der Waals surface area contributed by atoms with E-state index in [4.69, 9.17) is 4.42 Å². The lowest BCUT2D eigenvalue weighted by Crippen LogP contribution is -2.62. The highest BCUT2D eigenvalue weighted by molar-refractivity contribution is 5.76. The fourth-order valence-electron chi connectivity index (χ4n) is 4.54. The Bertz CT molecular complexity index is 818. The number of piperidine rings is 1. The Morgan fingerprint density at radius 2 is 1.79 bits per heavy atom. The maximum Gasteiger partial charge on any atom is 0.220 e. The zero-order valence-electron chi connectivity index (χ0n) is 18.6. The summed E-state index contributed by atoms with van der Waals surface area (Å²) in [5.74, 6) is 1.92. The Kier molecular flexibility index (Phi) is 6.18. The van der Waals surface area contributed by atoms with Gasteiger partial charge in [-0.25, -0.2) is 4.98 Å². The lowest BCUT2D eigenvalue weighted by molar-refractivity contribution is -0.122. The number of rotatable bonds is 6. The van der Waals surface area contributed by atoms with Crippen molar-refractivity contribution in [1.29, 1.82) is 0 Å². The second-order valence-corrected chi connectivity index (χ2v) is 9.96. The maximum absolute atomic E-state index is 12.5.